The van der Waals surface area contributed by atoms with Gasteiger partial charge in [0, 0.05) is 23.6 Å². The third kappa shape index (κ3) is 6.73. The molecule has 1 aromatic heterocycles. The molecule has 0 unspecified atom stereocenters. The highest BCUT2D eigenvalue weighted by Crippen LogP contribution is 2.35. The zero-order valence-corrected chi connectivity index (χ0v) is 21.8. The Balaban J connectivity index is 1.42. The summed E-state index contributed by atoms with van der Waals surface area (Å²) in [4.78, 5) is 23.6. The van der Waals surface area contributed by atoms with E-state index in [0.717, 1.165) is 34.9 Å². The Labute approximate surface area is 219 Å². The number of nitrogens with zero attached hydrogens (tertiary/aromatic N) is 4. The van der Waals surface area contributed by atoms with Gasteiger partial charge < -0.3 is 4.74 Å². The maximum Gasteiger partial charge on any atom is 0.308 e. The van der Waals surface area contributed by atoms with E-state index in [9.17, 15) is 9.59 Å². The Kier molecular flexibility index (Phi) is 8.77. The number of carbonyl (C=O) groups is 2. The number of hydrogen-bond donors (Lipinski definition) is 1. The van der Waals surface area contributed by atoms with Gasteiger partial charge in [-0.15, -0.1) is 10.2 Å². The summed E-state index contributed by atoms with van der Waals surface area (Å²) in [6, 6.07) is 14.8. The van der Waals surface area contributed by atoms with Gasteiger partial charge in [0.25, 0.3) is 5.91 Å². The average Bonchev–Trinajstić information content (AvgIpc) is 3.31. The minimum Gasteiger partial charge on any atom is -0.427 e. The van der Waals surface area contributed by atoms with Gasteiger partial charge in [-0.3, -0.25) is 14.2 Å². The molecule has 0 radical (unpaired) electrons. The zero-order chi connectivity index (χ0) is 25.5. The second kappa shape index (κ2) is 12.2. The van der Waals surface area contributed by atoms with Crippen LogP contribution < -0.4 is 10.2 Å². The lowest BCUT2D eigenvalue weighted by Gasteiger charge is -2.25. The van der Waals surface area contributed by atoms with Gasteiger partial charge in [-0.2, -0.15) is 5.10 Å². The molecule has 0 aliphatic heterocycles. The predicted octanol–water partition coefficient (Wildman–Crippen LogP) is 5.66. The van der Waals surface area contributed by atoms with Crippen molar-refractivity contribution < 1.29 is 14.3 Å². The lowest BCUT2D eigenvalue weighted by atomic mass is 9.95. The number of carbonyl (C=O) groups excluding carboxylic acids is 2. The minimum absolute atomic E-state index is 0.160. The standard InChI is InChI=1S/C26H28ClN5O3S/c1-17(19-10-14-23(15-11-19)35-18(2)33)28-29-24(34)16-36-26-31-30-25(20-8-12-21(27)13-9-20)32(26)22-6-4-3-5-7-22/h8-15,22H,3-7,16H2,1-2H3,(H,29,34)/b28-17-. The van der Waals surface area contributed by atoms with Gasteiger partial charge in [-0.1, -0.05) is 42.6 Å². The van der Waals surface area contributed by atoms with Crippen LogP contribution in [0.15, 0.2) is 58.8 Å². The maximum absolute atomic E-state index is 12.6. The minimum atomic E-state index is -0.377. The SMILES string of the molecule is CC(=O)Oc1ccc(/C(C)=N\NC(=O)CSc2nnc(-c3ccc(Cl)cc3)n2C2CCCCC2)cc1. The number of nitrogens with one attached hydrogen (secondary N) is 1. The van der Waals surface area contributed by atoms with Crippen molar-refractivity contribution in [2.75, 3.05) is 5.75 Å². The summed E-state index contributed by atoms with van der Waals surface area (Å²) in [5.41, 5.74) is 5.01. The van der Waals surface area contributed by atoms with Gasteiger partial charge in [-0.05, 0) is 73.9 Å². The molecule has 0 bridgehead atoms. The molecule has 3 aromatic rings. The first-order valence-corrected chi connectivity index (χ1v) is 13.2. The van der Waals surface area contributed by atoms with Gasteiger partial charge in [0.1, 0.15) is 5.75 Å². The Bertz CT molecular complexity index is 1240. The van der Waals surface area contributed by atoms with Crippen LogP contribution in [0.3, 0.4) is 0 Å². The number of benzene rings is 2. The van der Waals surface area contributed by atoms with E-state index in [0.29, 0.717) is 22.5 Å². The van der Waals surface area contributed by atoms with Gasteiger partial charge in [0.15, 0.2) is 11.0 Å². The second-order valence-corrected chi connectivity index (χ2v) is 9.99. The van der Waals surface area contributed by atoms with Crippen LogP contribution >= 0.6 is 23.4 Å². The number of amides is 1. The largest absolute Gasteiger partial charge is 0.427 e. The first-order valence-electron chi connectivity index (χ1n) is 11.9. The number of thioether (sulfide) groups is 1. The molecule has 0 spiro atoms. The molecule has 1 aliphatic carbocycles. The summed E-state index contributed by atoms with van der Waals surface area (Å²) in [5.74, 6) is 0.805. The molecule has 1 saturated carbocycles. The highest BCUT2D eigenvalue weighted by Gasteiger charge is 2.24. The molecule has 4 rings (SSSR count). The van der Waals surface area contributed by atoms with Crippen molar-refractivity contribution in [1.29, 1.82) is 0 Å². The quantitative estimate of drug-likeness (QED) is 0.134. The topological polar surface area (TPSA) is 98.5 Å². The van der Waals surface area contributed by atoms with Gasteiger partial charge >= 0.3 is 5.97 Å². The number of hydrazone groups is 1. The molecule has 1 heterocycles. The van der Waals surface area contributed by atoms with Crippen molar-refractivity contribution in [2.24, 2.45) is 5.10 Å². The fraction of sp³-hybridized carbons (Fsp3) is 0.346. The molecule has 1 N–H and O–H groups in total. The van der Waals surface area contributed by atoms with Gasteiger partial charge in [0.2, 0.25) is 0 Å². The van der Waals surface area contributed by atoms with Crippen LogP contribution in [0.4, 0.5) is 0 Å². The lowest BCUT2D eigenvalue weighted by molar-refractivity contribution is -0.131. The van der Waals surface area contributed by atoms with E-state index in [1.54, 1.807) is 31.2 Å². The molecule has 1 amide bonds. The summed E-state index contributed by atoms with van der Waals surface area (Å²) in [5, 5.41) is 14.5. The van der Waals surface area contributed by atoms with E-state index in [1.807, 2.05) is 24.3 Å². The number of rotatable bonds is 8. The lowest BCUT2D eigenvalue weighted by Crippen LogP contribution is -2.22. The molecule has 36 heavy (non-hydrogen) atoms. The van der Waals surface area contributed by atoms with Crippen LogP contribution in [0.25, 0.3) is 11.4 Å². The number of esters is 1. The molecule has 8 nitrogen and oxygen atoms in total. The summed E-state index contributed by atoms with van der Waals surface area (Å²) in [6.45, 7) is 3.15. The van der Waals surface area contributed by atoms with Crippen LogP contribution in [0.2, 0.25) is 5.02 Å². The van der Waals surface area contributed by atoms with Crippen molar-refractivity contribution in [1.82, 2.24) is 20.2 Å². The Hall–Kier alpha value is -3.17. The number of aromatic nitrogens is 3. The summed E-state index contributed by atoms with van der Waals surface area (Å²) < 4.78 is 7.22. The summed E-state index contributed by atoms with van der Waals surface area (Å²) in [6.07, 6.45) is 5.71. The van der Waals surface area contributed by atoms with E-state index in [4.69, 9.17) is 16.3 Å². The molecule has 10 heteroatoms. The van der Waals surface area contributed by atoms with Crippen molar-refractivity contribution in [3.63, 3.8) is 0 Å². The molecule has 1 aliphatic rings. The summed E-state index contributed by atoms with van der Waals surface area (Å²) >= 11 is 7.43. The van der Waals surface area contributed by atoms with E-state index in [1.165, 1.54) is 37.9 Å². The molecule has 2 aromatic carbocycles. The third-order valence-electron chi connectivity index (χ3n) is 5.92. The van der Waals surface area contributed by atoms with E-state index in [-0.39, 0.29) is 17.6 Å². The van der Waals surface area contributed by atoms with Crippen LogP contribution in [-0.4, -0.2) is 38.1 Å². The summed E-state index contributed by atoms with van der Waals surface area (Å²) in [7, 11) is 0. The van der Waals surface area contributed by atoms with Crippen LogP contribution in [0.5, 0.6) is 5.75 Å². The Morgan fingerprint density at radius 1 is 1.06 bits per heavy atom. The Morgan fingerprint density at radius 2 is 1.75 bits per heavy atom. The Morgan fingerprint density at radius 3 is 2.42 bits per heavy atom. The molecule has 188 valence electrons. The van der Waals surface area contributed by atoms with Crippen molar-refractivity contribution in [2.45, 2.75) is 57.1 Å². The molecule has 0 saturated heterocycles. The van der Waals surface area contributed by atoms with Gasteiger partial charge in [-0.25, -0.2) is 5.43 Å². The van der Waals surface area contributed by atoms with Crippen LogP contribution in [0.1, 0.15) is 57.6 Å². The fourth-order valence-corrected chi connectivity index (χ4v) is 5.07. The number of halogens is 1. The van der Waals surface area contributed by atoms with Crippen molar-refractivity contribution >= 4 is 41.0 Å². The monoisotopic (exact) mass is 525 g/mol. The fourth-order valence-electron chi connectivity index (χ4n) is 4.14. The molecule has 1 fully saturated rings. The highest BCUT2D eigenvalue weighted by atomic mass is 35.5. The predicted molar refractivity (Wildman–Crippen MR) is 141 cm³/mol. The molecular formula is C26H28ClN5O3S. The molecular weight excluding hydrogens is 498 g/mol. The smallest absolute Gasteiger partial charge is 0.308 e. The highest BCUT2D eigenvalue weighted by molar-refractivity contribution is 7.99. The zero-order valence-electron chi connectivity index (χ0n) is 20.2. The van der Waals surface area contributed by atoms with Crippen molar-refractivity contribution in [3.8, 4) is 17.1 Å². The van der Waals surface area contributed by atoms with E-state index < -0.39 is 0 Å². The van der Waals surface area contributed by atoms with E-state index in [2.05, 4.69) is 25.3 Å². The van der Waals surface area contributed by atoms with Gasteiger partial charge in [0.05, 0.1) is 11.5 Å². The van der Waals surface area contributed by atoms with Crippen LogP contribution in [-0.2, 0) is 9.59 Å². The van der Waals surface area contributed by atoms with Crippen LogP contribution in [0, 0.1) is 0 Å². The molecule has 0 atom stereocenters. The first-order chi connectivity index (χ1) is 17.4. The second-order valence-electron chi connectivity index (χ2n) is 8.61. The first kappa shape index (κ1) is 25.9. The van der Waals surface area contributed by atoms with E-state index >= 15 is 0 Å². The average molecular weight is 526 g/mol. The third-order valence-corrected chi connectivity index (χ3v) is 7.12. The number of hydrogen-bond acceptors (Lipinski definition) is 7. The van der Waals surface area contributed by atoms with Crippen molar-refractivity contribution in [3.05, 3.63) is 59.1 Å². The normalized spacial score (nSPS) is 14.5. The maximum atomic E-state index is 12.6. The number of ether oxygens (including phenoxy) is 1.